The lowest BCUT2D eigenvalue weighted by molar-refractivity contribution is 0.341. The fourth-order valence-electron chi connectivity index (χ4n) is 3.77. The fourth-order valence-corrected chi connectivity index (χ4v) is 4.43. The van der Waals surface area contributed by atoms with Gasteiger partial charge in [-0.1, -0.05) is 24.3 Å². The largest absolute Gasteiger partial charge is 0.441 e. The van der Waals surface area contributed by atoms with E-state index in [1.165, 1.54) is 32.2 Å². The maximum Gasteiger partial charge on any atom is 0.226 e. The number of rotatable bonds is 6. The van der Waals surface area contributed by atoms with Crippen LogP contribution in [-0.4, -0.2) is 44.2 Å². The van der Waals surface area contributed by atoms with Crippen molar-refractivity contribution in [2.45, 2.75) is 31.1 Å². The van der Waals surface area contributed by atoms with Crippen LogP contribution >= 0.6 is 0 Å². The first kappa shape index (κ1) is 19.9. The van der Waals surface area contributed by atoms with Crippen molar-refractivity contribution in [2.24, 2.45) is 0 Å². The Hall–Kier alpha value is -2.44. The monoisotopic (exact) mass is 410 g/mol. The van der Waals surface area contributed by atoms with Crippen molar-refractivity contribution in [3.8, 4) is 22.6 Å². The molecule has 0 radical (unpaired) electrons. The normalized spacial score (nSPS) is 15.1. The van der Waals surface area contributed by atoms with E-state index in [-0.39, 0.29) is 0 Å². The Morgan fingerprint density at radius 3 is 2.38 bits per heavy atom. The van der Waals surface area contributed by atoms with Gasteiger partial charge < -0.3 is 9.32 Å². The maximum absolute atomic E-state index is 11.8. The molecule has 0 unspecified atom stereocenters. The van der Waals surface area contributed by atoms with Crippen LogP contribution in [0.3, 0.4) is 0 Å². The van der Waals surface area contributed by atoms with E-state index in [1.807, 2.05) is 37.3 Å². The Labute approximate surface area is 172 Å². The van der Waals surface area contributed by atoms with Crippen molar-refractivity contribution in [2.75, 3.05) is 25.9 Å². The second-order valence-electron chi connectivity index (χ2n) is 7.70. The first-order valence-corrected chi connectivity index (χ1v) is 11.9. The summed E-state index contributed by atoms with van der Waals surface area (Å²) < 4.78 is 29.5. The second-order valence-corrected chi connectivity index (χ2v) is 9.71. The molecule has 2 aromatic carbocycles. The number of oxazole rings is 1. The molecule has 5 nitrogen and oxygen atoms in total. The summed E-state index contributed by atoms with van der Waals surface area (Å²) in [6, 6.07) is 14.9. The molecular weight excluding hydrogens is 384 g/mol. The average molecular weight is 411 g/mol. The topological polar surface area (TPSA) is 63.4 Å². The van der Waals surface area contributed by atoms with Crippen LogP contribution in [0.15, 0.2) is 57.8 Å². The van der Waals surface area contributed by atoms with Crippen LogP contribution in [0.5, 0.6) is 0 Å². The third-order valence-electron chi connectivity index (χ3n) is 5.48. The molecule has 1 aliphatic heterocycles. The molecule has 0 spiro atoms. The fraction of sp³-hybridized carbons (Fsp3) is 0.348. The van der Waals surface area contributed by atoms with Crippen LogP contribution < -0.4 is 0 Å². The summed E-state index contributed by atoms with van der Waals surface area (Å²) in [5.41, 5.74) is 3.77. The van der Waals surface area contributed by atoms with Gasteiger partial charge in [-0.05, 0) is 68.2 Å². The molecule has 0 saturated carbocycles. The molecule has 0 atom stereocenters. The molecule has 0 N–H and O–H groups in total. The average Bonchev–Trinajstić information content (AvgIpc) is 3.35. The van der Waals surface area contributed by atoms with Crippen LogP contribution in [0.2, 0.25) is 0 Å². The van der Waals surface area contributed by atoms with Crippen LogP contribution in [0.1, 0.15) is 24.3 Å². The third-order valence-corrected chi connectivity index (χ3v) is 6.59. The highest BCUT2D eigenvalue weighted by molar-refractivity contribution is 7.90. The molecular formula is C23H26N2O3S. The zero-order valence-electron chi connectivity index (χ0n) is 16.9. The van der Waals surface area contributed by atoms with Gasteiger partial charge in [0.05, 0.1) is 10.6 Å². The minimum Gasteiger partial charge on any atom is -0.441 e. The van der Waals surface area contributed by atoms with E-state index in [4.69, 9.17) is 9.40 Å². The van der Waals surface area contributed by atoms with E-state index in [1.54, 1.807) is 18.2 Å². The molecule has 0 bridgehead atoms. The number of hydrogen-bond donors (Lipinski definition) is 0. The van der Waals surface area contributed by atoms with Crippen LogP contribution in [0.25, 0.3) is 22.6 Å². The molecule has 2 heterocycles. The van der Waals surface area contributed by atoms with Gasteiger partial charge in [0.25, 0.3) is 0 Å². The molecule has 1 fully saturated rings. The number of benzene rings is 2. The zero-order valence-corrected chi connectivity index (χ0v) is 17.7. The zero-order chi connectivity index (χ0) is 20.4. The molecule has 1 aliphatic rings. The molecule has 0 aliphatic carbocycles. The standard InChI is InChI=1S/C23H26N2O3S/c1-17-22(12-15-25-13-3-4-14-25)24-23(28-17)19-10-8-18(9-11-19)20-6-5-7-21(16-20)29(2,26)27/h5-11,16H,3-4,12-15H2,1-2H3. The Bertz CT molecular complexity index is 1100. The summed E-state index contributed by atoms with van der Waals surface area (Å²) in [5, 5.41) is 0. The van der Waals surface area contributed by atoms with E-state index in [0.717, 1.165) is 41.1 Å². The number of likely N-dealkylation sites (tertiary alicyclic amines) is 1. The van der Waals surface area contributed by atoms with Crippen LogP contribution in [-0.2, 0) is 16.3 Å². The van der Waals surface area contributed by atoms with E-state index in [0.29, 0.717) is 10.8 Å². The van der Waals surface area contributed by atoms with Gasteiger partial charge in [-0.15, -0.1) is 0 Å². The molecule has 1 saturated heterocycles. The predicted molar refractivity (Wildman–Crippen MR) is 115 cm³/mol. The number of hydrogen-bond acceptors (Lipinski definition) is 5. The molecule has 3 aromatic rings. The van der Waals surface area contributed by atoms with Crippen LogP contribution in [0, 0.1) is 6.92 Å². The molecule has 152 valence electrons. The van der Waals surface area contributed by atoms with E-state index < -0.39 is 9.84 Å². The predicted octanol–water partition coefficient (Wildman–Crippen LogP) is 4.36. The van der Waals surface area contributed by atoms with Crippen molar-refractivity contribution < 1.29 is 12.8 Å². The molecule has 1 aromatic heterocycles. The quantitative estimate of drug-likeness (QED) is 0.604. The van der Waals surface area contributed by atoms with Gasteiger partial charge in [0.1, 0.15) is 5.76 Å². The Morgan fingerprint density at radius 2 is 1.69 bits per heavy atom. The summed E-state index contributed by atoms with van der Waals surface area (Å²) in [6.07, 6.45) is 4.72. The van der Waals surface area contributed by atoms with Gasteiger partial charge in [-0.25, -0.2) is 13.4 Å². The van der Waals surface area contributed by atoms with Crippen molar-refractivity contribution in [1.82, 2.24) is 9.88 Å². The van der Waals surface area contributed by atoms with Crippen molar-refractivity contribution in [3.05, 3.63) is 60.0 Å². The van der Waals surface area contributed by atoms with Gasteiger partial charge >= 0.3 is 0 Å². The Kier molecular flexibility index (Phi) is 5.56. The van der Waals surface area contributed by atoms with Gasteiger partial charge in [0.15, 0.2) is 9.84 Å². The minimum absolute atomic E-state index is 0.324. The van der Waals surface area contributed by atoms with Gasteiger partial charge in [0, 0.05) is 24.8 Å². The summed E-state index contributed by atoms with van der Waals surface area (Å²) in [6.45, 7) is 5.38. The van der Waals surface area contributed by atoms with Gasteiger partial charge in [-0.2, -0.15) is 0 Å². The van der Waals surface area contributed by atoms with Crippen molar-refractivity contribution in [3.63, 3.8) is 0 Å². The molecule has 6 heteroatoms. The minimum atomic E-state index is -3.23. The second kappa shape index (κ2) is 8.13. The first-order chi connectivity index (χ1) is 13.9. The van der Waals surface area contributed by atoms with Crippen molar-refractivity contribution in [1.29, 1.82) is 0 Å². The number of sulfone groups is 1. The van der Waals surface area contributed by atoms with Crippen molar-refractivity contribution >= 4 is 9.84 Å². The van der Waals surface area contributed by atoms with E-state index in [2.05, 4.69) is 4.90 Å². The summed E-state index contributed by atoms with van der Waals surface area (Å²) in [5.74, 6) is 1.51. The maximum atomic E-state index is 11.8. The molecule has 29 heavy (non-hydrogen) atoms. The highest BCUT2D eigenvalue weighted by atomic mass is 32.2. The SMILES string of the molecule is Cc1oc(-c2ccc(-c3cccc(S(C)(=O)=O)c3)cc2)nc1CCN1CCCC1. The smallest absolute Gasteiger partial charge is 0.226 e. The summed E-state index contributed by atoms with van der Waals surface area (Å²) in [4.78, 5) is 7.52. The lowest BCUT2D eigenvalue weighted by Gasteiger charge is -2.12. The number of aromatic nitrogens is 1. The van der Waals surface area contributed by atoms with E-state index >= 15 is 0 Å². The summed E-state index contributed by atoms with van der Waals surface area (Å²) >= 11 is 0. The highest BCUT2D eigenvalue weighted by Crippen LogP contribution is 2.27. The first-order valence-electron chi connectivity index (χ1n) is 10.00. The molecule has 0 amide bonds. The Morgan fingerprint density at radius 1 is 1.00 bits per heavy atom. The van der Waals surface area contributed by atoms with Gasteiger partial charge in [-0.3, -0.25) is 0 Å². The number of aryl methyl sites for hydroxylation is 1. The number of nitrogens with zero attached hydrogens (tertiary/aromatic N) is 2. The third kappa shape index (κ3) is 4.60. The Balaban J connectivity index is 1.51. The molecule has 4 rings (SSSR count). The van der Waals surface area contributed by atoms with Gasteiger partial charge in [0.2, 0.25) is 5.89 Å². The lowest BCUT2D eigenvalue weighted by Crippen LogP contribution is -2.22. The summed E-state index contributed by atoms with van der Waals surface area (Å²) in [7, 11) is -3.23. The lowest BCUT2D eigenvalue weighted by atomic mass is 10.0. The van der Waals surface area contributed by atoms with E-state index in [9.17, 15) is 8.42 Å². The van der Waals surface area contributed by atoms with Crippen LogP contribution in [0.4, 0.5) is 0 Å². The highest BCUT2D eigenvalue weighted by Gasteiger charge is 2.16.